The topological polar surface area (TPSA) is 110 Å². The zero-order valence-corrected chi connectivity index (χ0v) is 15.0. The molecule has 0 aromatic heterocycles. The van der Waals surface area contributed by atoms with Crippen molar-refractivity contribution in [3.8, 4) is 0 Å². The number of para-hydroxylation sites is 1. The number of hydrogen-bond acceptors (Lipinski definition) is 6. The van der Waals surface area contributed by atoms with Gasteiger partial charge in [0.1, 0.15) is 0 Å². The molecular weight excluding hydrogens is 340 g/mol. The molecule has 1 amide bonds. The Kier molecular flexibility index (Phi) is 6.10. The Labute approximate surface area is 151 Å². The second-order valence-electron chi connectivity index (χ2n) is 6.31. The van der Waals surface area contributed by atoms with E-state index in [-0.39, 0.29) is 29.5 Å². The second-order valence-corrected chi connectivity index (χ2v) is 6.31. The number of amides is 1. The van der Waals surface area contributed by atoms with Crippen LogP contribution in [0.15, 0.2) is 35.6 Å². The van der Waals surface area contributed by atoms with Gasteiger partial charge in [-0.15, -0.1) is 0 Å². The van der Waals surface area contributed by atoms with Gasteiger partial charge in [0.15, 0.2) is 11.5 Å². The Morgan fingerprint density at radius 3 is 2.62 bits per heavy atom. The third-order valence-corrected chi connectivity index (χ3v) is 4.11. The van der Waals surface area contributed by atoms with Crippen molar-refractivity contribution < 1.29 is 24.4 Å². The predicted octanol–water partition coefficient (Wildman–Crippen LogP) is 2.69. The summed E-state index contributed by atoms with van der Waals surface area (Å²) in [7, 11) is 0. The van der Waals surface area contributed by atoms with Crippen LogP contribution in [0.5, 0.6) is 0 Å². The smallest absolute Gasteiger partial charge is 0.290 e. The van der Waals surface area contributed by atoms with E-state index in [1.165, 1.54) is 30.0 Å². The highest BCUT2D eigenvalue weighted by Gasteiger charge is 2.44. The van der Waals surface area contributed by atoms with Gasteiger partial charge in [-0.3, -0.25) is 19.7 Å². The molecular formula is C18H22N2O6. The number of ketones is 1. The number of rotatable bonds is 8. The minimum Gasteiger partial charge on any atom is -0.503 e. The fourth-order valence-corrected chi connectivity index (χ4v) is 3.01. The van der Waals surface area contributed by atoms with E-state index < -0.39 is 28.4 Å². The van der Waals surface area contributed by atoms with E-state index in [4.69, 9.17) is 4.74 Å². The summed E-state index contributed by atoms with van der Waals surface area (Å²) in [6, 6.07) is 4.93. The molecule has 1 unspecified atom stereocenters. The van der Waals surface area contributed by atoms with Gasteiger partial charge >= 0.3 is 0 Å². The maximum Gasteiger partial charge on any atom is 0.290 e. The molecule has 2 rings (SSSR count). The van der Waals surface area contributed by atoms with Gasteiger partial charge in [0, 0.05) is 19.2 Å². The molecule has 8 nitrogen and oxygen atoms in total. The molecule has 1 heterocycles. The van der Waals surface area contributed by atoms with Gasteiger partial charge in [-0.05, 0) is 33.3 Å². The first-order chi connectivity index (χ1) is 12.3. The first-order valence-corrected chi connectivity index (χ1v) is 8.35. The van der Waals surface area contributed by atoms with Gasteiger partial charge in [-0.25, -0.2) is 0 Å². The Morgan fingerprint density at radius 1 is 1.38 bits per heavy atom. The van der Waals surface area contributed by atoms with Crippen molar-refractivity contribution in [3.05, 3.63) is 51.3 Å². The molecule has 1 atom stereocenters. The van der Waals surface area contributed by atoms with Gasteiger partial charge in [-0.1, -0.05) is 12.1 Å². The molecule has 8 heteroatoms. The molecule has 1 aliphatic rings. The molecule has 26 heavy (non-hydrogen) atoms. The highest BCUT2D eigenvalue weighted by Crippen LogP contribution is 2.41. The van der Waals surface area contributed by atoms with Crippen molar-refractivity contribution in [3.63, 3.8) is 0 Å². The van der Waals surface area contributed by atoms with Crippen molar-refractivity contribution in [1.82, 2.24) is 4.90 Å². The largest absolute Gasteiger partial charge is 0.503 e. The number of hydrogen-bond donors (Lipinski definition) is 1. The number of ether oxygens (including phenoxy) is 1. The van der Waals surface area contributed by atoms with Crippen LogP contribution in [0.25, 0.3) is 0 Å². The minimum absolute atomic E-state index is 0.0367. The van der Waals surface area contributed by atoms with Crippen LogP contribution in [-0.4, -0.2) is 45.9 Å². The number of aliphatic hydroxyl groups excluding tert-OH is 1. The molecule has 1 N–H and O–H groups in total. The zero-order valence-electron chi connectivity index (χ0n) is 15.0. The molecule has 0 aliphatic carbocycles. The van der Waals surface area contributed by atoms with Crippen molar-refractivity contribution in [2.24, 2.45) is 0 Å². The molecule has 0 bridgehead atoms. The minimum atomic E-state index is -0.986. The lowest BCUT2D eigenvalue weighted by Gasteiger charge is -2.26. The molecule has 0 spiro atoms. The lowest BCUT2D eigenvalue weighted by atomic mass is 9.95. The Balaban J connectivity index is 2.40. The lowest BCUT2D eigenvalue weighted by molar-refractivity contribution is -0.385. The summed E-state index contributed by atoms with van der Waals surface area (Å²) in [5.74, 6) is -1.85. The van der Waals surface area contributed by atoms with E-state index in [9.17, 15) is 24.8 Å². The van der Waals surface area contributed by atoms with Crippen LogP contribution >= 0.6 is 0 Å². The standard InChI is InChI=1S/C18H22N2O6/c1-11(2)26-10-6-9-19-16(15(12(3)21)17(22)18(19)23)13-7-4-5-8-14(13)20(24)25/h4-5,7-8,11,16,22H,6,9-10H2,1-3H3. The first-order valence-electron chi connectivity index (χ1n) is 8.35. The lowest BCUT2D eigenvalue weighted by Crippen LogP contribution is -2.33. The van der Waals surface area contributed by atoms with Crippen LogP contribution in [0.4, 0.5) is 5.69 Å². The fraction of sp³-hybridized carbons (Fsp3) is 0.444. The van der Waals surface area contributed by atoms with Gasteiger partial charge in [0.05, 0.1) is 28.2 Å². The molecule has 1 aromatic rings. The number of carbonyl (C=O) groups excluding carboxylic acids is 2. The summed E-state index contributed by atoms with van der Waals surface area (Å²) >= 11 is 0. The number of nitro benzene ring substituents is 1. The van der Waals surface area contributed by atoms with E-state index in [2.05, 4.69) is 0 Å². The first kappa shape index (κ1) is 19.6. The number of nitro groups is 1. The average molecular weight is 362 g/mol. The summed E-state index contributed by atoms with van der Waals surface area (Å²) in [4.78, 5) is 36.6. The fourth-order valence-electron chi connectivity index (χ4n) is 3.01. The number of benzene rings is 1. The van der Waals surface area contributed by atoms with E-state index in [0.717, 1.165) is 0 Å². The SMILES string of the molecule is CC(=O)C1=C(O)C(=O)N(CCCOC(C)C)C1c1ccccc1[N+](=O)[O-]. The predicted molar refractivity (Wildman–Crippen MR) is 93.6 cm³/mol. The van der Waals surface area contributed by atoms with Crippen molar-refractivity contribution in [2.75, 3.05) is 13.2 Å². The van der Waals surface area contributed by atoms with Crippen LogP contribution < -0.4 is 0 Å². The van der Waals surface area contributed by atoms with E-state index in [1.54, 1.807) is 6.07 Å². The normalized spacial score (nSPS) is 17.3. The highest BCUT2D eigenvalue weighted by atomic mass is 16.6. The molecule has 1 aromatic carbocycles. The number of carbonyl (C=O) groups is 2. The second kappa shape index (κ2) is 8.09. The molecule has 140 valence electrons. The van der Waals surface area contributed by atoms with Gasteiger partial charge < -0.3 is 14.7 Å². The summed E-state index contributed by atoms with van der Waals surface area (Å²) in [5.41, 5.74) is -0.124. The summed E-state index contributed by atoms with van der Waals surface area (Å²) < 4.78 is 5.45. The molecule has 0 radical (unpaired) electrons. The van der Waals surface area contributed by atoms with Gasteiger partial charge in [0.25, 0.3) is 11.6 Å². The Bertz CT molecular complexity index is 756. The van der Waals surface area contributed by atoms with Crippen LogP contribution in [0, 0.1) is 10.1 Å². The average Bonchev–Trinajstić information content (AvgIpc) is 2.83. The molecule has 1 aliphatic heterocycles. The zero-order chi connectivity index (χ0) is 19.4. The van der Waals surface area contributed by atoms with Crippen LogP contribution in [0.2, 0.25) is 0 Å². The maximum atomic E-state index is 12.5. The number of Topliss-reactive ketones (excluding diaryl/α,β-unsaturated/α-hetero) is 1. The Morgan fingerprint density at radius 2 is 2.04 bits per heavy atom. The van der Waals surface area contributed by atoms with E-state index in [1.807, 2.05) is 13.8 Å². The van der Waals surface area contributed by atoms with Crippen LogP contribution in [0.3, 0.4) is 0 Å². The number of nitrogens with zero attached hydrogens (tertiary/aromatic N) is 2. The van der Waals surface area contributed by atoms with E-state index in [0.29, 0.717) is 13.0 Å². The molecule has 0 saturated heterocycles. The number of aliphatic hydroxyl groups is 1. The summed E-state index contributed by atoms with van der Waals surface area (Å²) in [5, 5.41) is 21.5. The van der Waals surface area contributed by atoms with Crippen molar-refractivity contribution in [2.45, 2.75) is 39.3 Å². The molecule has 0 saturated carbocycles. The Hall–Kier alpha value is -2.74. The van der Waals surface area contributed by atoms with Crippen LogP contribution in [0.1, 0.15) is 38.8 Å². The quantitative estimate of drug-likeness (QED) is 0.432. The van der Waals surface area contributed by atoms with Crippen molar-refractivity contribution in [1.29, 1.82) is 0 Å². The van der Waals surface area contributed by atoms with Crippen LogP contribution in [-0.2, 0) is 14.3 Å². The summed E-state index contributed by atoms with van der Waals surface area (Å²) in [6.45, 7) is 5.59. The summed E-state index contributed by atoms with van der Waals surface area (Å²) in [6.07, 6.45) is 0.508. The molecule has 0 fully saturated rings. The third-order valence-electron chi connectivity index (χ3n) is 4.11. The van der Waals surface area contributed by atoms with Gasteiger partial charge in [-0.2, -0.15) is 0 Å². The van der Waals surface area contributed by atoms with Crippen molar-refractivity contribution >= 4 is 17.4 Å². The highest BCUT2D eigenvalue weighted by molar-refractivity contribution is 6.08. The monoisotopic (exact) mass is 362 g/mol. The van der Waals surface area contributed by atoms with Gasteiger partial charge in [0.2, 0.25) is 0 Å². The third kappa shape index (κ3) is 3.91. The maximum absolute atomic E-state index is 12.5. The van der Waals surface area contributed by atoms with E-state index >= 15 is 0 Å².